The van der Waals surface area contributed by atoms with E-state index < -0.39 is 0 Å². The Kier molecular flexibility index (Phi) is 6.82. The highest BCUT2D eigenvalue weighted by atomic mass is 32.2. The third-order valence-corrected chi connectivity index (χ3v) is 8.04. The first-order valence-electron chi connectivity index (χ1n) is 11.8. The number of benzene rings is 1. The largest absolute Gasteiger partial charge is 0.369 e. The Balaban J connectivity index is 1.54. The molecule has 4 heterocycles. The molecule has 2 aliphatic rings. The van der Waals surface area contributed by atoms with Crippen molar-refractivity contribution in [1.29, 1.82) is 0 Å². The van der Waals surface area contributed by atoms with Gasteiger partial charge in [0.2, 0.25) is 5.91 Å². The molecule has 0 atom stereocenters. The van der Waals surface area contributed by atoms with Gasteiger partial charge in [-0.3, -0.25) is 23.7 Å². The van der Waals surface area contributed by atoms with Gasteiger partial charge >= 0.3 is 0 Å². The normalized spacial score (nSPS) is 17.8. The topological polar surface area (TPSA) is 101 Å². The minimum atomic E-state index is -0.360. The third kappa shape index (κ3) is 4.88. The van der Waals surface area contributed by atoms with E-state index in [9.17, 15) is 18.8 Å². The molecule has 0 radical (unpaired) electrons. The summed E-state index contributed by atoms with van der Waals surface area (Å²) in [5.74, 6) is -0.767. The number of primary amides is 1. The van der Waals surface area contributed by atoms with E-state index in [0.717, 1.165) is 22.9 Å². The summed E-state index contributed by atoms with van der Waals surface area (Å²) < 4.78 is 15.1. The number of nitrogens with zero attached hydrogens (tertiary/aromatic N) is 4. The molecule has 2 aromatic heterocycles. The van der Waals surface area contributed by atoms with Gasteiger partial charge in [0, 0.05) is 25.2 Å². The van der Waals surface area contributed by atoms with Crippen molar-refractivity contribution in [2.75, 3.05) is 18.0 Å². The van der Waals surface area contributed by atoms with Gasteiger partial charge in [0.1, 0.15) is 21.6 Å². The van der Waals surface area contributed by atoms with Gasteiger partial charge in [-0.1, -0.05) is 42.2 Å². The fraction of sp³-hybridized carbons (Fsp3) is 0.269. The maximum absolute atomic E-state index is 13.7. The zero-order valence-corrected chi connectivity index (χ0v) is 21.7. The first-order valence-corrected chi connectivity index (χ1v) is 13.0. The van der Waals surface area contributed by atoms with Crippen LogP contribution in [0.15, 0.2) is 52.3 Å². The first-order chi connectivity index (χ1) is 17.7. The Bertz CT molecular complexity index is 1510. The Morgan fingerprint density at radius 1 is 1.22 bits per heavy atom. The first kappa shape index (κ1) is 25.1. The van der Waals surface area contributed by atoms with Gasteiger partial charge in [-0.15, -0.1) is 0 Å². The van der Waals surface area contributed by atoms with E-state index in [1.807, 2.05) is 17.9 Å². The van der Waals surface area contributed by atoms with Crippen molar-refractivity contribution in [3.05, 3.63) is 80.4 Å². The number of carbonyl (C=O) groups excluding carboxylic acids is 2. The molecule has 0 aliphatic carbocycles. The Morgan fingerprint density at radius 3 is 2.59 bits per heavy atom. The summed E-state index contributed by atoms with van der Waals surface area (Å²) in [7, 11) is 0. The molecule has 2 amide bonds. The molecular formula is C26H24FN5O3S2. The second-order valence-electron chi connectivity index (χ2n) is 9.10. The SMILES string of the molecule is Cc1cccn2c(=O)c(C=C3SC(=S)N(Cc4ccc(F)cc4)C3=O)c(N3CCC(C(N)=O)CC3)nc12. The van der Waals surface area contributed by atoms with E-state index in [1.54, 1.807) is 30.5 Å². The number of carbonyl (C=O) groups is 2. The molecule has 2 saturated heterocycles. The number of thioether (sulfide) groups is 1. The van der Waals surface area contributed by atoms with Crippen LogP contribution in [0.2, 0.25) is 0 Å². The van der Waals surface area contributed by atoms with E-state index in [-0.39, 0.29) is 41.2 Å². The number of fused-ring (bicyclic) bond motifs is 1. The monoisotopic (exact) mass is 537 g/mol. The Labute approximate surface area is 222 Å². The Morgan fingerprint density at radius 2 is 1.92 bits per heavy atom. The van der Waals surface area contributed by atoms with Crippen molar-refractivity contribution < 1.29 is 14.0 Å². The molecule has 1 aromatic carbocycles. The van der Waals surface area contributed by atoms with E-state index in [4.69, 9.17) is 22.9 Å². The van der Waals surface area contributed by atoms with Crippen molar-refractivity contribution in [3.63, 3.8) is 0 Å². The molecular weight excluding hydrogens is 513 g/mol. The number of aromatic nitrogens is 2. The van der Waals surface area contributed by atoms with Gasteiger partial charge in [-0.25, -0.2) is 9.37 Å². The highest BCUT2D eigenvalue weighted by Crippen LogP contribution is 2.35. The molecule has 0 spiro atoms. The smallest absolute Gasteiger partial charge is 0.267 e. The van der Waals surface area contributed by atoms with Crippen LogP contribution in [0.5, 0.6) is 0 Å². The minimum Gasteiger partial charge on any atom is -0.369 e. The summed E-state index contributed by atoms with van der Waals surface area (Å²) in [6, 6.07) is 9.53. The number of amides is 2. The fourth-order valence-corrected chi connectivity index (χ4v) is 5.82. The van der Waals surface area contributed by atoms with Gasteiger partial charge < -0.3 is 10.6 Å². The number of rotatable bonds is 5. The second-order valence-corrected chi connectivity index (χ2v) is 10.8. The highest BCUT2D eigenvalue weighted by Gasteiger charge is 2.33. The molecule has 0 unspecified atom stereocenters. The maximum atomic E-state index is 13.7. The van der Waals surface area contributed by atoms with Crippen molar-refractivity contribution in [3.8, 4) is 0 Å². The summed E-state index contributed by atoms with van der Waals surface area (Å²) in [6.07, 6.45) is 4.33. The predicted octanol–water partition coefficient (Wildman–Crippen LogP) is 3.25. The molecule has 0 saturated carbocycles. The van der Waals surface area contributed by atoms with Crippen LogP contribution in [0.1, 0.15) is 29.5 Å². The zero-order chi connectivity index (χ0) is 26.3. The number of aryl methyl sites for hydroxylation is 1. The predicted molar refractivity (Wildman–Crippen MR) is 145 cm³/mol. The lowest BCUT2D eigenvalue weighted by atomic mass is 9.96. The number of halogens is 1. The average molecular weight is 538 g/mol. The summed E-state index contributed by atoms with van der Waals surface area (Å²) in [5.41, 5.74) is 7.58. The number of piperidine rings is 1. The number of anilines is 1. The molecule has 2 N–H and O–H groups in total. The standard InChI is InChI=1S/C26H24FN5O3S2/c1-15-3-2-10-31-22(15)29-23(30-11-8-17(9-12-30)21(28)33)19(24(31)34)13-20-25(35)32(26(36)37-20)14-16-4-6-18(27)7-5-16/h2-7,10,13,17H,8-9,11-12,14H2,1H3,(H2,28,33). The molecule has 0 bridgehead atoms. The van der Waals surface area contributed by atoms with E-state index in [2.05, 4.69) is 0 Å². The molecule has 190 valence electrons. The summed E-state index contributed by atoms with van der Waals surface area (Å²) >= 11 is 6.57. The molecule has 3 aromatic rings. The Hall–Kier alpha value is -3.57. The van der Waals surface area contributed by atoms with E-state index in [0.29, 0.717) is 46.6 Å². The number of nitrogens with two attached hydrogens (primary N) is 1. The van der Waals surface area contributed by atoms with E-state index >= 15 is 0 Å². The fourth-order valence-electron chi connectivity index (χ4n) is 4.58. The average Bonchev–Trinajstić information content (AvgIpc) is 3.14. The summed E-state index contributed by atoms with van der Waals surface area (Å²) in [6.45, 7) is 3.10. The van der Waals surface area contributed by atoms with Crippen molar-refractivity contribution >= 4 is 57.7 Å². The quantitative estimate of drug-likeness (QED) is 0.394. The summed E-state index contributed by atoms with van der Waals surface area (Å²) in [5, 5.41) is 0. The number of hydrogen-bond acceptors (Lipinski definition) is 7. The van der Waals surface area contributed by atoms with Crippen LogP contribution in [-0.4, -0.2) is 43.5 Å². The van der Waals surface area contributed by atoms with Crippen LogP contribution in [0, 0.1) is 18.7 Å². The van der Waals surface area contributed by atoms with Gasteiger partial charge in [0.25, 0.3) is 11.5 Å². The maximum Gasteiger partial charge on any atom is 0.267 e. The molecule has 8 nitrogen and oxygen atoms in total. The van der Waals surface area contributed by atoms with Gasteiger partial charge in [0.05, 0.1) is 17.0 Å². The highest BCUT2D eigenvalue weighted by molar-refractivity contribution is 8.26. The van der Waals surface area contributed by atoms with Gasteiger partial charge in [0.15, 0.2) is 0 Å². The third-order valence-electron chi connectivity index (χ3n) is 6.66. The molecule has 2 aliphatic heterocycles. The van der Waals surface area contributed by atoms with E-state index in [1.165, 1.54) is 21.4 Å². The number of pyridine rings is 1. The lowest BCUT2D eigenvalue weighted by Gasteiger charge is -2.32. The van der Waals surface area contributed by atoms with Crippen molar-refractivity contribution in [2.45, 2.75) is 26.3 Å². The van der Waals surface area contributed by atoms with Gasteiger partial charge in [-0.2, -0.15) is 0 Å². The molecule has 37 heavy (non-hydrogen) atoms. The van der Waals surface area contributed by atoms with Crippen LogP contribution in [0.25, 0.3) is 11.7 Å². The van der Waals surface area contributed by atoms with Crippen molar-refractivity contribution in [2.24, 2.45) is 11.7 Å². The minimum absolute atomic E-state index is 0.198. The second kappa shape index (κ2) is 10.1. The van der Waals surface area contributed by atoms with Crippen LogP contribution in [-0.2, 0) is 16.1 Å². The molecule has 11 heteroatoms. The van der Waals surface area contributed by atoms with Crippen LogP contribution in [0.3, 0.4) is 0 Å². The number of thiocarbonyl (C=S) groups is 1. The number of hydrogen-bond donors (Lipinski definition) is 1. The lowest BCUT2D eigenvalue weighted by Crippen LogP contribution is -2.40. The summed E-state index contributed by atoms with van der Waals surface area (Å²) in [4.78, 5) is 47.2. The van der Waals surface area contributed by atoms with Crippen LogP contribution < -0.4 is 16.2 Å². The zero-order valence-electron chi connectivity index (χ0n) is 20.0. The lowest BCUT2D eigenvalue weighted by molar-refractivity contribution is -0.123. The van der Waals surface area contributed by atoms with Gasteiger partial charge in [-0.05, 0) is 55.2 Å². The molecule has 5 rings (SSSR count). The molecule has 2 fully saturated rings. The van der Waals surface area contributed by atoms with Crippen molar-refractivity contribution in [1.82, 2.24) is 14.3 Å². The van der Waals surface area contributed by atoms with Crippen LogP contribution in [0.4, 0.5) is 10.2 Å². The van der Waals surface area contributed by atoms with Crippen LogP contribution >= 0.6 is 24.0 Å².